The first-order valence-corrected chi connectivity index (χ1v) is 7.72. The summed E-state index contributed by atoms with van der Waals surface area (Å²) in [7, 11) is 0. The molecule has 1 aromatic carbocycles. The van der Waals surface area contributed by atoms with Crippen LogP contribution in [-0.2, 0) is 13.0 Å². The number of halogens is 1. The number of carbonyl (C=O) groups is 1. The SMILES string of the molecule is CC(C)=CCNc1ccc2c(c1I)CCN(C(=O)O)C2. The van der Waals surface area contributed by atoms with Crippen LogP contribution in [0.25, 0.3) is 0 Å². The molecule has 4 nitrogen and oxygen atoms in total. The molecular weight excluding hydrogens is 367 g/mol. The fraction of sp³-hybridized carbons (Fsp3) is 0.400. The summed E-state index contributed by atoms with van der Waals surface area (Å²) in [5, 5.41) is 12.5. The fourth-order valence-electron chi connectivity index (χ4n) is 2.28. The Morgan fingerprint density at radius 2 is 2.25 bits per heavy atom. The van der Waals surface area contributed by atoms with Crippen molar-refractivity contribution in [2.75, 3.05) is 18.4 Å². The number of hydrogen-bond donors (Lipinski definition) is 2. The van der Waals surface area contributed by atoms with Gasteiger partial charge in [0.25, 0.3) is 0 Å². The number of nitrogens with zero attached hydrogens (tertiary/aromatic N) is 1. The summed E-state index contributed by atoms with van der Waals surface area (Å²) >= 11 is 2.36. The quantitative estimate of drug-likeness (QED) is 0.615. The molecule has 0 unspecified atom stereocenters. The zero-order valence-corrected chi connectivity index (χ0v) is 13.9. The third-order valence-corrected chi connectivity index (χ3v) is 4.64. The van der Waals surface area contributed by atoms with Crippen molar-refractivity contribution in [3.8, 4) is 0 Å². The molecule has 108 valence electrons. The first-order valence-electron chi connectivity index (χ1n) is 6.64. The van der Waals surface area contributed by atoms with Crippen molar-refractivity contribution in [3.63, 3.8) is 0 Å². The number of hydrogen-bond acceptors (Lipinski definition) is 2. The van der Waals surface area contributed by atoms with Gasteiger partial charge in [-0.05, 0) is 60.1 Å². The van der Waals surface area contributed by atoms with E-state index in [1.807, 2.05) is 12.1 Å². The van der Waals surface area contributed by atoms with Gasteiger partial charge in [0.1, 0.15) is 0 Å². The molecule has 0 radical (unpaired) electrons. The first kappa shape index (κ1) is 15.2. The monoisotopic (exact) mass is 386 g/mol. The highest BCUT2D eigenvalue weighted by molar-refractivity contribution is 14.1. The lowest BCUT2D eigenvalue weighted by molar-refractivity contribution is 0.140. The van der Waals surface area contributed by atoms with Crippen LogP contribution in [0.1, 0.15) is 25.0 Å². The topological polar surface area (TPSA) is 52.6 Å². The molecule has 2 rings (SSSR count). The van der Waals surface area contributed by atoms with Crippen LogP contribution in [0.15, 0.2) is 23.8 Å². The maximum atomic E-state index is 11.0. The first-order chi connectivity index (χ1) is 9.49. The van der Waals surface area contributed by atoms with Crippen molar-refractivity contribution in [1.82, 2.24) is 4.90 Å². The summed E-state index contributed by atoms with van der Waals surface area (Å²) in [5.41, 5.74) is 4.83. The number of rotatable bonds is 3. The van der Waals surface area contributed by atoms with Gasteiger partial charge >= 0.3 is 6.09 Å². The zero-order chi connectivity index (χ0) is 14.7. The van der Waals surface area contributed by atoms with Gasteiger partial charge in [0, 0.05) is 28.9 Å². The molecule has 1 aromatic rings. The second-order valence-electron chi connectivity index (χ2n) is 5.18. The number of allylic oxidation sites excluding steroid dienone is 1. The van der Waals surface area contributed by atoms with E-state index < -0.39 is 6.09 Å². The molecule has 0 atom stereocenters. The average Bonchev–Trinajstić information content (AvgIpc) is 2.40. The maximum absolute atomic E-state index is 11.0. The number of benzene rings is 1. The van der Waals surface area contributed by atoms with E-state index in [4.69, 9.17) is 5.11 Å². The van der Waals surface area contributed by atoms with E-state index in [2.05, 4.69) is 47.8 Å². The minimum atomic E-state index is -0.837. The molecule has 2 N–H and O–H groups in total. The van der Waals surface area contributed by atoms with Gasteiger partial charge in [0.2, 0.25) is 0 Å². The summed E-state index contributed by atoms with van der Waals surface area (Å²) in [5.74, 6) is 0. The normalized spacial score (nSPS) is 13.7. The number of fused-ring (bicyclic) bond motifs is 1. The summed E-state index contributed by atoms with van der Waals surface area (Å²) in [6, 6.07) is 4.09. The Kier molecular flexibility index (Phi) is 4.91. The number of carboxylic acid groups (broad SMARTS) is 1. The van der Waals surface area contributed by atoms with Gasteiger partial charge in [0.15, 0.2) is 0 Å². The van der Waals surface area contributed by atoms with Crippen LogP contribution in [0.4, 0.5) is 10.5 Å². The van der Waals surface area contributed by atoms with E-state index >= 15 is 0 Å². The van der Waals surface area contributed by atoms with E-state index in [-0.39, 0.29) is 0 Å². The Morgan fingerprint density at radius 3 is 2.90 bits per heavy atom. The van der Waals surface area contributed by atoms with E-state index in [1.165, 1.54) is 19.6 Å². The summed E-state index contributed by atoms with van der Waals surface area (Å²) in [6.45, 7) is 6.06. The van der Waals surface area contributed by atoms with Crippen LogP contribution < -0.4 is 5.32 Å². The average molecular weight is 386 g/mol. The van der Waals surface area contributed by atoms with Gasteiger partial charge in [-0.2, -0.15) is 0 Å². The molecule has 1 heterocycles. The molecule has 0 aromatic heterocycles. The van der Waals surface area contributed by atoms with Gasteiger partial charge in [-0.3, -0.25) is 0 Å². The van der Waals surface area contributed by atoms with Crippen molar-refractivity contribution in [1.29, 1.82) is 0 Å². The summed E-state index contributed by atoms with van der Waals surface area (Å²) in [6.07, 6.45) is 2.11. The van der Waals surface area contributed by atoms with Crippen LogP contribution in [-0.4, -0.2) is 29.2 Å². The Balaban J connectivity index is 2.16. The Morgan fingerprint density at radius 1 is 1.50 bits per heavy atom. The number of nitrogens with one attached hydrogen (secondary N) is 1. The Labute approximate surface area is 133 Å². The minimum absolute atomic E-state index is 0.495. The van der Waals surface area contributed by atoms with Gasteiger partial charge in [0.05, 0.1) is 0 Å². The maximum Gasteiger partial charge on any atom is 0.407 e. The lowest BCUT2D eigenvalue weighted by Crippen LogP contribution is -2.35. The predicted molar refractivity (Wildman–Crippen MR) is 89.2 cm³/mol. The van der Waals surface area contributed by atoms with E-state index in [0.717, 1.165) is 24.2 Å². The molecule has 0 bridgehead atoms. The molecule has 0 saturated carbocycles. The van der Waals surface area contributed by atoms with Crippen molar-refractivity contribution < 1.29 is 9.90 Å². The van der Waals surface area contributed by atoms with Crippen LogP contribution in [0.5, 0.6) is 0 Å². The van der Waals surface area contributed by atoms with Crippen LogP contribution in [0.2, 0.25) is 0 Å². The second kappa shape index (κ2) is 6.47. The predicted octanol–water partition coefficient (Wildman–Crippen LogP) is 3.71. The molecule has 0 saturated heterocycles. The third kappa shape index (κ3) is 3.45. The fourth-order valence-corrected chi connectivity index (χ4v) is 3.26. The van der Waals surface area contributed by atoms with Gasteiger partial charge in [-0.15, -0.1) is 0 Å². The van der Waals surface area contributed by atoms with Gasteiger partial charge in [-0.25, -0.2) is 4.79 Å². The van der Waals surface area contributed by atoms with E-state index in [0.29, 0.717) is 13.1 Å². The number of amides is 1. The highest BCUT2D eigenvalue weighted by Gasteiger charge is 2.22. The van der Waals surface area contributed by atoms with Crippen molar-refractivity contribution in [2.24, 2.45) is 0 Å². The van der Waals surface area contributed by atoms with Gasteiger partial charge in [-0.1, -0.05) is 17.7 Å². The molecule has 0 spiro atoms. The lowest BCUT2D eigenvalue weighted by Gasteiger charge is -2.28. The smallest absolute Gasteiger partial charge is 0.407 e. The molecule has 1 amide bonds. The molecule has 1 aliphatic heterocycles. The molecular formula is C15H19IN2O2. The van der Waals surface area contributed by atoms with Crippen molar-refractivity contribution in [2.45, 2.75) is 26.8 Å². The zero-order valence-electron chi connectivity index (χ0n) is 11.7. The molecule has 5 heteroatoms. The van der Waals surface area contributed by atoms with E-state index in [9.17, 15) is 4.79 Å². The molecule has 1 aliphatic rings. The Bertz CT molecular complexity index is 551. The van der Waals surface area contributed by atoms with Gasteiger partial charge < -0.3 is 15.3 Å². The highest BCUT2D eigenvalue weighted by atomic mass is 127. The lowest BCUT2D eigenvalue weighted by atomic mass is 9.99. The molecule has 20 heavy (non-hydrogen) atoms. The van der Waals surface area contributed by atoms with Crippen LogP contribution in [0, 0.1) is 3.57 Å². The number of anilines is 1. The second-order valence-corrected chi connectivity index (χ2v) is 6.26. The molecule has 0 fully saturated rings. The third-order valence-electron chi connectivity index (χ3n) is 3.41. The van der Waals surface area contributed by atoms with Crippen molar-refractivity contribution >= 4 is 34.4 Å². The van der Waals surface area contributed by atoms with E-state index in [1.54, 1.807) is 0 Å². The standard InChI is InChI=1S/C15H19IN2O2/c1-10(2)5-7-17-13-4-3-11-9-18(15(19)20)8-6-12(11)14(13)16/h3-5,17H,6-9H2,1-2H3,(H,19,20). The van der Waals surface area contributed by atoms with Crippen LogP contribution >= 0.6 is 22.6 Å². The highest BCUT2D eigenvalue weighted by Crippen LogP contribution is 2.29. The largest absolute Gasteiger partial charge is 0.465 e. The summed E-state index contributed by atoms with van der Waals surface area (Å²) < 4.78 is 1.22. The molecule has 0 aliphatic carbocycles. The Hall–Kier alpha value is -1.24. The van der Waals surface area contributed by atoms with Crippen molar-refractivity contribution in [3.05, 3.63) is 38.5 Å². The minimum Gasteiger partial charge on any atom is -0.465 e. The summed E-state index contributed by atoms with van der Waals surface area (Å²) in [4.78, 5) is 12.5. The van der Waals surface area contributed by atoms with Crippen LogP contribution in [0.3, 0.4) is 0 Å².